The van der Waals surface area contributed by atoms with Gasteiger partial charge in [-0.2, -0.15) is 0 Å². The number of aliphatic carboxylic acids is 1. The van der Waals surface area contributed by atoms with Crippen molar-refractivity contribution in [3.8, 4) is 0 Å². The fourth-order valence-electron chi connectivity index (χ4n) is 1.84. The number of carboxylic acid groups (broad SMARTS) is 1. The predicted molar refractivity (Wildman–Crippen MR) is 48.7 cm³/mol. The van der Waals surface area contributed by atoms with Crippen molar-refractivity contribution >= 4 is 5.97 Å². The number of carboxylic acids is 1. The van der Waals surface area contributed by atoms with Crippen molar-refractivity contribution in [1.82, 2.24) is 5.16 Å². The van der Waals surface area contributed by atoms with Crippen LogP contribution >= 0.6 is 0 Å². The Bertz CT molecular complexity index is 412. The number of hydrogen-bond donors (Lipinski definition) is 2. The minimum Gasteiger partial charge on any atom is -0.481 e. The molecule has 0 atom stereocenters. The summed E-state index contributed by atoms with van der Waals surface area (Å²) in [4.78, 5) is 22.1. The van der Waals surface area contributed by atoms with Gasteiger partial charge < -0.3 is 14.4 Å². The van der Waals surface area contributed by atoms with Gasteiger partial charge in [0.15, 0.2) is 0 Å². The summed E-state index contributed by atoms with van der Waals surface area (Å²) in [5.41, 5.74) is -1.30. The molecule has 0 saturated carbocycles. The third-order valence-corrected chi connectivity index (χ3v) is 2.80. The van der Waals surface area contributed by atoms with Gasteiger partial charge in [-0.05, 0) is 12.8 Å². The molecular formula is C9H11NO5. The van der Waals surface area contributed by atoms with Crippen LogP contribution in [0.4, 0.5) is 0 Å². The Morgan fingerprint density at radius 3 is 2.60 bits per heavy atom. The zero-order chi connectivity index (χ0) is 10.9. The van der Waals surface area contributed by atoms with E-state index in [2.05, 4.69) is 9.68 Å². The summed E-state index contributed by atoms with van der Waals surface area (Å²) in [5, 5.41) is 11.6. The molecule has 1 fully saturated rings. The smallest absolute Gasteiger partial charge is 0.357 e. The maximum absolute atomic E-state index is 11.3. The molecule has 0 radical (unpaired) electrons. The number of ether oxygens (including phenoxy) is 1. The van der Waals surface area contributed by atoms with Gasteiger partial charge in [-0.1, -0.05) is 0 Å². The van der Waals surface area contributed by atoms with E-state index in [0.29, 0.717) is 31.7 Å². The van der Waals surface area contributed by atoms with Gasteiger partial charge in [-0.15, -0.1) is 0 Å². The van der Waals surface area contributed by atoms with Crippen LogP contribution in [-0.4, -0.2) is 29.4 Å². The third kappa shape index (κ3) is 1.56. The highest BCUT2D eigenvalue weighted by molar-refractivity contribution is 5.80. The molecule has 0 spiro atoms. The molecule has 0 aromatic carbocycles. The first-order chi connectivity index (χ1) is 7.15. The molecule has 1 saturated heterocycles. The van der Waals surface area contributed by atoms with E-state index in [-0.39, 0.29) is 0 Å². The minimum absolute atomic E-state index is 0.323. The van der Waals surface area contributed by atoms with Crippen LogP contribution in [0, 0.1) is 0 Å². The number of aromatic amines is 1. The molecule has 2 N–H and O–H groups in total. The van der Waals surface area contributed by atoms with E-state index in [0.717, 1.165) is 0 Å². The summed E-state index contributed by atoms with van der Waals surface area (Å²) in [6, 6.07) is 1.19. The lowest BCUT2D eigenvalue weighted by atomic mass is 9.77. The molecule has 1 aromatic heterocycles. The van der Waals surface area contributed by atoms with Crippen LogP contribution in [0.3, 0.4) is 0 Å². The van der Waals surface area contributed by atoms with Crippen LogP contribution < -0.4 is 5.63 Å². The molecular weight excluding hydrogens is 202 g/mol. The molecule has 82 valence electrons. The lowest BCUT2D eigenvalue weighted by Crippen LogP contribution is -2.41. The average Bonchev–Trinajstić information content (AvgIpc) is 2.66. The summed E-state index contributed by atoms with van der Waals surface area (Å²) >= 11 is 0. The highest BCUT2D eigenvalue weighted by Gasteiger charge is 2.43. The number of carbonyl (C=O) groups is 1. The van der Waals surface area contributed by atoms with E-state index in [1.54, 1.807) is 0 Å². The molecule has 6 nitrogen and oxygen atoms in total. The maximum Gasteiger partial charge on any atom is 0.357 e. The van der Waals surface area contributed by atoms with Gasteiger partial charge in [0, 0.05) is 19.3 Å². The molecule has 1 aromatic rings. The fraction of sp³-hybridized carbons (Fsp3) is 0.556. The summed E-state index contributed by atoms with van der Waals surface area (Å²) < 4.78 is 9.63. The summed E-state index contributed by atoms with van der Waals surface area (Å²) in [6.07, 6.45) is 0.690. The zero-order valence-corrected chi connectivity index (χ0v) is 7.99. The van der Waals surface area contributed by atoms with Gasteiger partial charge in [0.05, 0.1) is 5.69 Å². The van der Waals surface area contributed by atoms with E-state index in [4.69, 9.17) is 4.74 Å². The summed E-state index contributed by atoms with van der Waals surface area (Å²) in [6.45, 7) is 0.749. The van der Waals surface area contributed by atoms with Crippen molar-refractivity contribution in [3.63, 3.8) is 0 Å². The van der Waals surface area contributed by atoms with Crippen molar-refractivity contribution in [2.24, 2.45) is 0 Å². The summed E-state index contributed by atoms with van der Waals surface area (Å²) in [7, 11) is 0. The van der Waals surface area contributed by atoms with Gasteiger partial charge in [0.25, 0.3) is 0 Å². The highest BCUT2D eigenvalue weighted by Crippen LogP contribution is 2.33. The second-order valence-electron chi connectivity index (χ2n) is 3.58. The number of H-pyrrole nitrogens is 1. The Balaban J connectivity index is 2.41. The van der Waals surface area contributed by atoms with Crippen molar-refractivity contribution < 1.29 is 19.2 Å². The molecule has 0 aliphatic carbocycles. The van der Waals surface area contributed by atoms with Crippen LogP contribution in [0.25, 0.3) is 0 Å². The first kappa shape index (κ1) is 9.97. The molecule has 0 unspecified atom stereocenters. The van der Waals surface area contributed by atoms with Crippen molar-refractivity contribution in [2.75, 3.05) is 13.2 Å². The quantitative estimate of drug-likeness (QED) is 0.726. The van der Waals surface area contributed by atoms with E-state index in [1.807, 2.05) is 0 Å². The first-order valence-electron chi connectivity index (χ1n) is 4.65. The van der Waals surface area contributed by atoms with Crippen LogP contribution in [0.2, 0.25) is 0 Å². The normalized spacial score (nSPS) is 20.0. The van der Waals surface area contributed by atoms with E-state index in [1.165, 1.54) is 6.07 Å². The lowest BCUT2D eigenvalue weighted by molar-refractivity contribution is -0.148. The van der Waals surface area contributed by atoms with E-state index in [9.17, 15) is 14.7 Å². The Morgan fingerprint density at radius 2 is 2.13 bits per heavy atom. The van der Waals surface area contributed by atoms with Crippen molar-refractivity contribution in [3.05, 3.63) is 22.2 Å². The van der Waals surface area contributed by atoms with Crippen molar-refractivity contribution in [1.29, 1.82) is 0 Å². The largest absolute Gasteiger partial charge is 0.481 e. The van der Waals surface area contributed by atoms with Crippen LogP contribution in [-0.2, 0) is 14.9 Å². The second kappa shape index (κ2) is 3.54. The average molecular weight is 213 g/mol. The van der Waals surface area contributed by atoms with Crippen LogP contribution in [0.1, 0.15) is 18.5 Å². The van der Waals surface area contributed by atoms with E-state index >= 15 is 0 Å². The van der Waals surface area contributed by atoms with E-state index < -0.39 is 17.0 Å². The molecule has 0 amide bonds. The number of hydrogen-bond acceptors (Lipinski definition) is 4. The zero-order valence-electron chi connectivity index (χ0n) is 7.99. The molecule has 1 aliphatic rings. The highest BCUT2D eigenvalue weighted by atomic mass is 16.5. The topological polar surface area (TPSA) is 92.5 Å². The predicted octanol–water partition coefficient (Wildman–Crippen LogP) is 0.101. The van der Waals surface area contributed by atoms with Gasteiger partial charge >= 0.3 is 11.6 Å². The molecule has 2 heterocycles. The minimum atomic E-state index is -1.07. The molecule has 1 aliphatic heterocycles. The van der Waals surface area contributed by atoms with Crippen LogP contribution in [0.15, 0.2) is 15.4 Å². The first-order valence-corrected chi connectivity index (χ1v) is 4.65. The van der Waals surface area contributed by atoms with Crippen molar-refractivity contribution in [2.45, 2.75) is 18.3 Å². The van der Waals surface area contributed by atoms with Gasteiger partial charge in [0.2, 0.25) is 0 Å². The Morgan fingerprint density at radius 1 is 1.47 bits per heavy atom. The molecule has 2 rings (SSSR count). The third-order valence-electron chi connectivity index (χ3n) is 2.80. The monoisotopic (exact) mass is 213 g/mol. The maximum atomic E-state index is 11.3. The standard InChI is InChI=1S/C9H11NO5/c11-7-5-6(10-15-7)9(8(12)13)1-3-14-4-2-9/h5,10H,1-4H2,(H,12,13). The molecule has 15 heavy (non-hydrogen) atoms. The van der Waals surface area contributed by atoms with Crippen LogP contribution in [0.5, 0.6) is 0 Å². The number of aromatic nitrogens is 1. The lowest BCUT2D eigenvalue weighted by Gasteiger charge is -2.31. The fourth-order valence-corrected chi connectivity index (χ4v) is 1.84. The van der Waals surface area contributed by atoms with Gasteiger partial charge in [-0.25, -0.2) is 9.95 Å². The molecule has 6 heteroatoms. The number of nitrogens with one attached hydrogen (secondary N) is 1. The van der Waals surface area contributed by atoms with Gasteiger partial charge in [-0.3, -0.25) is 4.79 Å². The SMILES string of the molecule is O=C(O)C1(c2cc(=O)o[nH]2)CCOCC1. The number of rotatable bonds is 2. The summed E-state index contributed by atoms with van der Waals surface area (Å²) in [5.74, 6) is -0.956. The molecule has 0 bridgehead atoms. The Labute approximate surface area is 84.8 Å². The second-order valence-corrected chi connectivity index (χ2v) is 3.58. The van der Waals surface area contributed by atoms with Gasteiger partial charge in [0.1, 0.15) is 5.41 Å². The Hall–Kier alpha value is -1.56. The Kier molecular flexibility index (Phi) is 2.36.